The second-order valence-corrected chi connectivity index (χ2v) is 22.8. The molecule has 2 spiro atoms. The van der Waals surface area contributed by atoms with E-state index in [1.165, 1.54) is 11.1 Å². The Morgan fingerprint density at radius 3 is 2.52 bits per heavy atom. The first-order valence-corrected chi connectivity index (χ1v) is 24.2. The third-order valence-corrected chi connectivity index (χ3v) is 22.0. The fourth-order valence-electron chi connectivity index (χ4n) is 21.5. The van der Waals surface area contributed by atoms with Gasteiger partial charge in [-0.25, -0.2) is 0 Å². The van der Waals surface area contributed by atoms with Crippen molar-refractivity contribution in [2.45, 2.75) is 66.6 Å². The summed E-state index contributed by atoms with van der Waals surface area (Å²) in [7, 11) is 0. The Labute approximate surface area is 361 Å². The van der Waals surface area contributed by atoms with E-state index in [-0.39, 0.29) is 34.6 Å². The summed E-state index contributed by atoms with van der Waals surface area (Å²) in [6.45, 7) is -0.365. The van der Waals surface area contributed by atoms with E-state index in [9.17, 15) is 9.90 Å². The zero-order chi connectivity index (χ0) is 39.6. The lowest BCUT2D eigenvalue weighted by molar-refractivity contribution is -0.121. The van der Waals surface area contributed by atoms with Gasteiger partial charge in [0.1, 0.15) is 6.61 Å². The molecule has 16 aliphatic carbocycles. The monoisotopic (exact) mass is 798 g/mol. The van der Waals surface area contributed by atoms with Gasteiger partial charge in [0, 0.05) is 58.2 Å². The molecular weight excluding hydrogens is 765 g/mol. The summed E-state index contributed by atoms with van der Waals surface area (Å²) in [5, 5.41) is 23.3. The number of benzene rings is 6. The molecule has 22 rings (SSSR count). The van der Waals surface area contributed by atoms with Crippen LogP contribution in [0.3, 0.4) is 0 Å². The highest BCUT2D eigenvalue weighted by Gasteiger charge is 2.98. The zero-order valence-electron chi connectivity index (χ0n) is 34.2. The minimum Gasteiger partial charge on any atom is -0.389 e. The Morgan fingerprint density at radius 2 is 1.60 bits per heavy atom. The summed E-state index contributed by atoms with van der Waals surface area (Å²) in [5.41, 5.74) is 35.7. The van der Waals surface area contributed by atoms with Crippen molar-refractivity contribution in [2.24, 2.45) is 23.2 Å². The van der Waals surface area contributed by atoms with Gasteiger partial charge in [-0.3, -0.25) is 4.79 Å². The van der Waals surface area contributed by atoms with Gasteiger partial charge in [-0.05, 0) is 197 Å². The largest absolute Gasteiger partial charge is 0.389 e. The SMILES string of the molecule is O=C(CO)CCCC1(c2ccccc2)C23c4c5c6c7c8c4c4c2c2c9c%10c%11c%12c%13c%14cc(c8c%13c%104)C7C=CC6=C4C=CC6C7=C(C2C2=C(C=C7)CC7=CC(C=C%12C%14)C%11C9=C72)C13C6C45. The number of hydrogen-bond acceptors (Lipinski definition) is 2. The molecule has 10 unspecified atom stereocenters. The van der Waals surface area contributed by atoms with Crippen molar-refractivity contribution < 1.29 is 9.90 Å². The third-order valence-electron chi connectivity index (χ3n) is 22.0. The van der Waals surface area contributed by atoms with E-state index in [4.69, 9.17) is 0 Å². The number of ketones is 1. The smallest absolute Gasteiger partial charge is 0.158 e. The van der Waals surface area contributed by atoms with E-state index < -0.39 is 0 Å². The van der Waals surface area contributed by atoms with Crippen LogP contribution in [0, 0.1) is 23.2 Å². The molecule has 63 heavy (non-hydrogen) atoms. The number of carbonyl (C=O) groups excluding carboxylic acids is 1. The van der Waals surface area contributed by atoms with Gasteiger partial charge in [-0.15, -0.1) is 0 Å². The Balaban J connectivity index is 1.09. The van der Waals surface area contributed by atoms with Crippen molar-refractivity contribution >= 4 is 65.6 Å². The van der Waals surface area contributed by atoms with E-state index in [0.717, 1.165) is 25.7 Å². The Morgan fingerprint density at radius 1 is 0.730 bits per heavy atom. The molecule has 10 atom stereocenters. The predicted octanol–water partition coefficient (Wildman–Crippen LogP) is 11.7. The van der Waals surface area contributed by atoms with Crippen LogP contribution >= 0.6 is 0 Å². The Kier molecular flexibility index (Phi) is 3.68. The van der Waals surface area contributed by atoms with E-state index in [0.29, 0.717) is 41.9 Å². The van der Waals surface area contributed by atoms with Gasteiger partial charge < -0.3 is 5.11 Å². The molecule has 0 aliphatic heterocycles. The normalized spacial score (nSPS) is 37.3. The number of allylic oxidation sites excluding steroid dienone is 18. The second-order valence-electron chi connectivity index (χ2n) is 22.8. The fourth-order valence-corrected chi connectivity index (χ4v) is 21.5. The summed E-state index contributed by atoms with van der Waals surface area (Å²) in [6.07, 6.45) is 25.7. The number of Topliss-reactive ketones (excluding diaryl/α,β-unsaturated/α-hetero) is 1. The average Bonchev–Trinajstić information content (AvgIpc) is 4.04. The lowest BCUT2D eigenvalue weighted by atomic mass is 9.52. The van der Waals surface area contributed by atoms with Crippen LogP contribution in [0.2, 0.25) is 0 Å². The maximum absolute atomic E-state index is 13.3. The van der Waals surface area contributed by atoms with Gasteiger partial charge in [0.05, 0.1) is 0 Å². The molecule has 6 aromatic rings. The summed E-state index contributed by atoms with van der Waals surface area (Å²) in [6, 6.07) is 14.7. The third kappa shape index (κ3) is 2.12. The average molecular weight is 799 g/mol. The summed E-state index contributed by atoms with van der Waals surface area (Å²) in [5.74, 6) is 2.41. The minimum atomic E-state index is -0.365. The topological polar surface area (TPSA) is 37.3 Å². The number of carbonyl (C=O) groups is 1. The highest BCUT2D eigenvalue weighted by molar-refractivity contribution is 6.44. The second kappa shape index (κ2) is 7.92. The first kappa shape index (κ1) is 29.3. The molecule has 2 nitrogen and oxygen atoms in total. The van der Waals surface area contributed by atoms with E-state index in [2.05, 4.69) is 85.0 Å². The number of fused-ring (bicyclic) bond motifs is 2. The van der Waals surface area contributed by atoms with Crippen LogP contribution in [-0.2, 0) is 22.0 Å². The summed E-state index contributed by atoms with van der Waals surface area (Å²) in [4.78, 5) is 13.3. The first-order chi connectivity index (χ1) is 31.2. The highest BCUT2D eigenvalue weighted by Crippen LogP contribution is 3.00. The van der Waals surface area contributed by atoms with Gasteiger partial charge in [0.25, 0.3) is 0 Å². The number of aliphatic hydroxyl groups is 1. The molecule has 1 fully saturated rings. The number of hydrogen-bond donors (Lipinski definition) is 1. The molecule has 6 aromatic carbocycles. The van der Waals surface area contributed by atoms with E-state index >= 15 is 0 Å². The van der Waals surface area contributed by atoms with Crippen LogP contribution in [-0.4, -0.2) is 17.5 Å². The molecule has 0 bridgehead atoms. The molecule has 16 aliphatic rings. The standard InChI is InChI=1S/C61H34O2/c62-20-27(63)7-4-14-59(26-5-2-1-3-6-26)60-55-32-13-12-29-28-10-11-30-33-19-25-18-23-17-24-16-22-15-21-8-9-31(32)56(60)50-34(21)35(22)44-38(24)43-36(23)37(25)45-41(33)46-39(30)40(28)51(42(29)55)57-52(46)54-49(45)47(43)48(44)53(50)58(54)61(57,59)60/h1-3,5-6,8-13,16-17,19,24,30,32,38,42,50,55,62H,4,7,14-15,18,20H2. The predicted molar refractivity (Wildman–Crippen MR) is 245 cm³/mol. The van der Waals surface area contributed by atoms with Crippen LogP contribution in [0.5, 0.6) is 0 Å². The van der Waals surface area contributed by atoms with Gasteiger partial charge in [-0.2, -0.15) is 0 Å². The first-order valence-electron chi connectivity index (χ1n) is 24.2. The van der Waals surface area contributed by atoms with Crippen molar-refractivity contribution in [3.8, 4) is 0 Å². The van der Waals surface area contributed by atoms with Gasteiger partial charge in [0.2, 0.25) is 0 Å². The molecule has 0 aromatic heterocycles. The van der Waals surface area contributed by atoms with Gasteiger partial charge >= 0.3 is 0 Å². The summed E-state index contributed by atoms with van der Waals surface area (Å²) >= 11 is 0. The fraction of sp³-hybridized carbons (Fsp3) is 0.262. The molecule has 0 saturated heterocycles. The van der Waals surface area contributed by atoms with Gasteiger partial charge in [-0.1, -0.05) is 85.0 Å². The summed E-state index contributed by atoms with van der Waals surface area (Å²) < 4.78 is 0. The van der Waals surface area contributed by atoms with Gasteiger partial charge in [0.15, 0.2) is 5.78 Å². The minimum absolute atomic E-state index is 0.0182. The van der Waals surface area contributed by atoms with E-state index in [1.54, 1.807) is 154 Å². The Bertz CT molecular complexity index is 4140. The van der Waals surface area contributed by atoms with Crippen molar-refractivity contribution in [1.29, 1.82) is 0 Å². The zero-order valence-corrected chi connectivity index (χ0v) is 34.2. The molecule has 0 heterocycles. The number of aliphatic hydroxyl groups excluding tert-OH is 1. The molecule has 1 saturated carbocycles. The maximum Gasteiger partial charge on any atom is 0.158 e. The molecule has 0 amide bonds. The van der Waals surface area contributed by atoms with E-state index in [1.807, 2.05) is 0 Å². The van der Waals surface area contributed by atoms with Crippen molar-refractivity contribution in [1.82, 2.24) is 0 Å². The van der Waals surface area contributed by atoms with Crippen LogP contribution < -0.4 is 0 Å². The Hall–Kier alpha value is -6.09. The van der Waals surface area contributed by atoms with Crippen LogP contribution in [0.4, 0.5) is 0 Å². The molecule has 0 radical (unpaired) electrons. The number of rotatable bonds is 6. The lowest BCUT2D eigenvalue weighted by Crippen LogP contribution is -2.42. The quantitative estimate of drug-likeness (QED) is 0.135. The van der Waals surface area contributed by atoms with Crippen LogP contribution in [0.25, 0.3) is 59.8 Å². The lowest BCUT2D eigenvalue weighted by Gasteiger charge is -2.49. The maximum atomic E-state index is 13.3. The van der Waals surface area contributed by atoms with Crippen molar-refractivity contribution in [3.05, 3.63) is 191 Å². The molecule has 2 heteroatoms. The van der Waals surface area contributed by atoms with Crippen LogP contribution in [0.15, 0.2) is 124 Å². The molecular formula is C61H34O2. The van der Waals surface area contributed by atoms with Crippen molar-refractivity contribution in [3.63, 3.8) is 0 Å². The van der Waals surface area contributed by atoms with Crippen molar-refractivity contribution in [2.75, 3.05) is 6.61 Å². The highest BCUT2D eigenvalue weighted by atomic mass is 16.3. The molecule has 1 N–H and O–H groups in total. The molecule has 290 valence electrons. The van der Waals surface area contributed by atoms with Crippen LogP contribution in [0.1, 0.15) is 116 Å².